The van der Waals surface area contributed by atoms with E-state index >= 15 is 0 Å². The van der Waals surface area contributed by atoms with E-state index in [0.717, 1.165) is 82.7 Å². The highest BCUT2D eigenvalue weighted by atomic mass is 16.5. The maximum Gasteiger partial charge on any atom is 0.128 e. The molecule has 10 heteroatoms. The Kier molecular flexibility index (Phi) is 13.8. The quantitative estimate of drug-likeness (QED) is 0.118. The van der Waals surface area contributed by atoms with Gasteiger partial charge in [-0.25, -0.2) is 0 Å². The van der Waals surface area contributed by atoms with E-state index in [4.69, 9.17) is 14.2 Å². The van der Waals surface area contributed by atoms with Crippen molar-refractivity contribution >= 4 is 0 Å². The van der Waals surface area contributed by atoms with Crippen molar-refractivity contribution in [1.29, 1.82) is 5.26 Å². The summed E-state index contributed by atoms with van der Waals surface area (Å²) >= 11 is 0. The summed E-state index contributed by atoms with van der Waals surface area (Å²) in [6, 6.07) is 20.2. The lowest BCUT2D eigenvalue weighted by atomic mass is 9.93. The van der Waals surface area contributed by atoms with Gasteiger partial charge < -0.3 is 34.4 Å². The predicted molar refractivity (Wildman–Crippen MR) is 197 cm³/mol. The Hall–Kier alpha value is -4.50. The van der Waals surface area contributed by atoms with E-state index < -0.39 is 0 Å². The zero-order valence-corrected chi connectivity index (χ0v) is 30.0. The van der Waals surface area contributed by atoms with E-state index in [1.54, 1.807) is 12.3 Å². The highest BCUT2D eigenvalue weighted by molar-refractivity contribution is 5.73. The monoisotopic (exact) mass is 694 g/mol. The van der Waals surface area contributed by atoms with Crippen LogP contribution in [0.15, 0.2) is 67.0 Å². The fourth-order valence-corrected chi connectivity index (χ4v) is 6.57. The van der Waals surface area contributed by atoms with Gasteiger partial charge in [-0.15, -0.1) is 0 Å². The molecule has 1 fully saturated rings. The Morgan fingerprint density at radius 3 is 2.39 bits per heavy atom. The van der Waals surface area contributed by atoms with Gasteiger partial charge in [0.25, 0.3) is 0 Å². The normalized spacial score (nSPS) is 14.5. The number of benzene rings is 3. The molecule has 0 amide bonds. The maximum absolute atomic E-state index is 9.79. The predicted octanol–water partition coefficient (Wildman–Crippen LogP) is 5.33. The van der Waals surface area contributed by atoms with E-state index in [-0.39, 0.29) is 25.9 Å². The van der Waals surface area contributed by atoms with E-state index in [1.807, 2.05) is 36.1 Å². The van der Waals surface area contributed by atoms with Gasteiger partial charge in [0.1, 0.15) is 36.5 Å². The SMILES string of the molecule is Cc1cc(OCc2cccc(-c3cccc(OCCCN4CC[C@@H](O)C4)c3C)c2C)cc(OCc2cncc(C#N)c2)c1CN(CCO)CCO. The van der Waals surface area contributed by atoms with Crippen molar-refractivity contribution in [2.45, 2.75) is 59.5 Å². The first-order chi connectivity index (χ1) is 24.8. The van der Waals surface area contributed by atoms with Crippen molar-refractivity contribution in [3.05, 3.63) is 106 Å². The molecule has 1 atom stereocenters. The third-order valence-electron chi connectivity index (χ3n) is 9.48. The highest BCUT2D eigenvalue weighted by Crippen LogP contribution is 2.35. The van der Waals surface area contributed by atoms with Crippen LogP contribution >= 0.6 is 0 Å². The maximum atomic E-state index is 9.79. The van der Waals surface area contributed by atoms with Crippen LogP contribution in [0.3, 0.4) is 0 Å². The van der Waals surface area contributed by atoms with E-state index in [0.29, 0.717) is 49.9 Å². The van der Waals surface area contributed by atoms with Gasteiger partial charge >= 0.3 is 0 Å². The van der Waals surface area contributed by atoms with Gasteiger partial charge in [0.2, 0.25) is 0 Å². The fourth-order valence-electron chi connectivity index (χ4n) is 6.57. The number of likely N-dealkylation sites (tertiary alicyclic amines) is 1. The summed E-state index contributed by atoms with van der Waals surface area (Å²) in [5.74, 6) is 2.17. The van der Waals surface area contributed by atoms with Crippen molar-refractivity contribution < 1.29 is 29.5 Å². The Bertz CT molecular complexity index is 1780. The summed E-state index contributed by atoms with van der Waals surface area (Å²) in [5.41, 5.74) is 8.65. The third-order valence-corrected chi connectivity index (χ3v) is 9.48. The van der Waals surface area contributed by atoms with Gasteiger partial charge in [-0.3, -0.25) is 9.88 Å². The molecule has 0 spiro atoms. The number of pyridine rings is 1. The number of nitriles is 1. The van der Waals surface area contributed by atoms with Crippen molar-refractivity contribution in [1.82, 2.24) is 14.8 Å². The first-order valence-corrected chi connectivity index (χ1v) is 17.7. The van der Waals surface area contributed by atoms with Gasteiger partial charge in [0, 0.05) is 68.9 Å². The van der Waals surface area contributed by atoms with Crippen LogP contribution < -0.4 is 14.2 Å². The Morgan fingerprint density at radius 1 is 0.902 bits per heavy atom. The molecule has 5 rings (SSSR count). The molecule has 1 aromatic heterocycles. The minimum absolute atomic E-state index is 0.0242. The zero-order valence-electron chi connectivity index (χ0n) is 30.0. The molecule has 0 unspecified atom stereocenters. The molecule has 10 nitrogen and oxygen atoms in total. The second-order valence-electron chi connectivity index (χ2n) is 13.2. The lowest BCUT2D eigenvalue weighted by Gasteiger charge is -2.24. The first-order valence-electron chi connectivity index (χ1n) is 17.7. The van der Waals surface area contributed by atoms with Crippen LogP contribution in [0.5, 0.6) is 17.2 Å². The second-order valence-corrected chi connectivity index (χ2v) is 13.2. The fraction of sp³-hybridized carbons (Fsp3) is 0.415. The molecule has 0 bridgehead atoms. The lowest BCUT2D eigenvalue weighted by Crippen LogP contribution is -2.30. The number of ether oxygens (including phenoxy) is 3. The summed E-state index contributed by atoms with van der Waals surface area (Å²) < 4.78 is 19.0. The van der Waals surface area contributed by atoms with E-state index in [2.05, 4.69) is 54.1 Å². The molecular weight excluding hydrogens is 644 g/mol. The van der Waals surface area contributed by atoms with Crippen LogP contribution in [0.25, 0.3) is 11.1 Å². The van der Waals surface area contributed by atoms with Crippen molar-refractivity contribution in [3.8, 4) is 34.4 Å². The molecule has 0 radical (unpaired) electrons. The number of rotatable bonds is 18. The number of aromatic nitrogens is 1. The Morgan fingerprint density at radius 2 is 1.67 bits per heavy atom. The highest BCUT2D eigenvalue weighted by Gasteiger charge is 2.20. The Labute approximate surface area is 301 Å². The molecule has 51 heavy (non-hydrogen) atoms. The van der Waals surface area contributed by atoms with Crippen LogP contribution in [0, 0.1) is 32.1 Å². The lowest BCUT2D eigenvalue weighted by molar-refractivity contribution is 0.154. The van der Waals surface area contributed by atoms with Crippen LogP contribution in [-0.4, -0.2) is 88.8 Å². The van der Waals surface area contributed by atoms with Crippen LogP contribution in [0.1, 0.15) is 51.8 Å². The molecule has 4 aromatic rings. The van der Waals surface area contributed by atoms with Crippen LogP contribution in [0.2, 0.25) is 0 Å². The average molecular weight is 695 g/mol. The summed E-state index contributed by atoms with van der Waals surface area (Å²) in [6.45, 7) is 11.3. The average Bonchev–Trinajstić information content (AvgIpc) is 3.55. The summed E-state index contributed by atoms with van der Waals surface area (Å²) in [7, 11) is 0. The summed E-state index contributed by atoms with van der Waals surface area (Å²) in [6.07, 6.45) is 4.75. The van der Waals surface area contributed by atoms with Crippen molar-refractivity contribution in [2.24, 2.45) is 0 Å². The van der Waals surface area contributed by atoms with Crippen molar-refractivity contribution in [2.75, 3.05) is 52.5 Å². The van der Waals surface area contributed by atoms with Gasteiger partial charge in [0.15, 0.2) is 0 Å². The summed E-state index contributed by atoms with van der Waals surface area (Å²) in [4.78, 5) is 8.43. The summed E-state index contributed by atoms with van der Waals surface area (Å²) in [5, 5.41) is 38.3. The molecule has 0 aliphatic carbocycles. The van der Waals surface area contributed by atoms with E-state index in [9.17, 15) is 20.6 Å². The molecule has 270 valence electrons. The zero-order chi connectivity index (χ0) is 36.2. The number of nitrogens with zero attached hydrogens (tertiary/aromatic N) is 4. The first kappa shape index (κ1) is 37.7. The minimum Gasteiger partial charge on any atom is -0.493 e. The number of aliphatic hydroxyl groups excluding tert-OH is 3. The van der Waals surface area contributed by atoms with Crippen LogP contribution in [0.4, 0.5) is 0 Å². The topological polar surface area (TPSA) is 132 Å². The number of β-amino-alcohol motifs (C(OH)–C–C–N with tert-alkyl or cyclic N) is 1. The number of hydrogen-bond acceptors (Lipinski definition) is 10. The molecule has 3 N–H and O–H groups in total. The molecule has 1 saturated heterocycles. The van der Waals surface area contributed by atoms with Gasteiger partial charge in [-0.2, -0.15) is 5.26 Å². The standard InChI is InChI=1S/C41H50N4O6/c1-29-19-36(21-41(39(29)26-45(14-16-46)15-17-47)51-27-33-20-32(22-42)23-43-24-33)50-28-34-7-4-8-37(30(34)2)38-9-5-10-40(31(38)3)49-18-6-12-44-13-11-35(48)25-44/h4-5,7-10,19-21,23-24,35,46-48H,6,11-18,25-28H2,1-3H3/t35-/m1/s1. The molecule has 1 aliphatic heterocycles. The van der Waals surface area contributed by atoms with Crippen LogP contribution in [-0.2, 0) is 19.8 Å². The number of aryl methyl sites for hydroxylation is 1. The molecule has 2 heterocycles. The second kappa shape index (κ2) is 18.7. The van der Waals surface area contributed by atoms with Gasteiger partial charge in [0.05, 0.1) is 31.5 Å². The minimum atomic E-state index is -0.203. The smallest absolute Gasteiger partial charge is 0.128 e. The van der Waals surface area contributed by atoms with Crippen molar-refractivity contribution in [3.63, 3.8) is 0 Å². The van der Waals surface area contributed by atoms with E-state index in [1.165, 1.54) is 6.20 Å². The largest absolute Gasteiger partial charge is 0.493 e. The number of aliphatic hydroxyl groups is 3. The molecule has 3 aromatic carbocycles. The molecule has 0 saturated carbocycles. The van der Waals surface area contributed by atoms with Gasteiger partial charge in [-0.1, -0.05) is 30.3 Å². The molecule has 1 aliphatic rings. The third kappa shape index (κ3) is 10.3. The van der Waals surface area contributed by atoms with Gasteiger partial charge in [-0.05, 0) is 85.2 Å². The molecular formula is C41H50N4O6. The number of hydrogen-bond donors (Lipinski definition) is 3. The Balaban J connectivity index is 1.31.